The summed E-state index contributed by atoms with van der Waals surface area (Å²) in [6.45, 7) is 9.67. The zero-order valence-corrected chi connectivity index (χ0v) is 14.4. The second-order valence-electron chi connectivity index (χ2n) is 6.26. The van der Waals surface area contributed by atoms with Crippen LogP contribution < -0.4 is 9.47 Å². The van der Waals surface area contributed by atoms with E-state index in [1.165, 1.54) is 5.56 Å². The molecule has 0 bridgehead atoms. The molecule has 1 aromatic rings. The zero-order chi connectivity index (χ0) is 16.0. The Morgan fingerprint density at radius 3 is 1.86 bits per heavy atom. The van der Waals surface area contributed by atoms with Crippen molar-refractivity contribution in [2.45, 2.75) is 32.1 Å². The summed E-state index contributed by atoms with van der Waals surface area (Å²) in [6, 6.07) is 4.02. The maximum Gasteiger partial charge on any atom is 0.161 e. The molecule has 0 aliphatic carbocycles. The molecule has 0 spiro atoms. The highest BCUT2D eigenvalue weighted by Gasteiger charge is 2.21. The van der Waals surface area contributed by atoms with Gasteiger partial charge in [0, 0.05) is 5.88 Å². The molecule has 0 amide bonds. The molecule has 0 fully saturated rings. The predicted octanol–water partition coefficient (Wildman–Crippen LogP) is 3.53. The van der Waals surface area contributed by atoms with E-state index < -0.39 is 0 Å². The van der Waals surface area contributed by atoms with E-state index in [-0.39, 0.29) is 5.41 Å². The van der Waals surface area contributed by atoms with Crippen LogP contribution in [0.4, 0.5) is 0 Å². The Balaban J connectivity index is 2.30. The van der Waals surface area contributed by atoms with Crippen LogP contribution in [-0.4, -0.2) is 39.6 Å². The average molecular weight is 329 g/mol. The quantitative estimate of drug-likeness (QED) is 0.739. The van der Waals surface area contributed by atoms with Crippen LogP contribution in [0.25, 0.3) is 0 Å². The Bertz CT molecular complexity index is 482. The molecule has 22 heavy (non-hydrogen) atoms. The van der Waals surface area contributed by atoms with Crippen molar-refractivity contribution >= 4 is 11.6 Å². The highest BCUT2D eigenvalue weighted by atomic mass is 35.5. The van der Waals surface area contributed by atoms with E-state index in [0.29, 0.717) is 51.3 Å². The lowest BCUT2D eigenvalue weighted by Crippen LogP contribution is -2.18. The monoisotopic (exact) mass is 328 g/mol. The topological polar surface area (TPSA) is 36.9 Å². The van der Waals surface area contributed by atoms with Gasteiger partial charge < -0.3 is 18.9 Å². The molecule has 124 valence electrons. The van der Waals surface area contributed by atoms with Gasteiger partial charge in [-0.15, -0.1) is 11.6 Å². The van der Waals surface area contributed by atoms with Gasteiger partial charge in [-0.25, -0.2) is 0 Å². The third kappa shape index (κ3) is 4.77. The normalized spacial score (nSPS) is 17.5. The van der Waals surface area contributed by atoms with Crippen molar-refractivity contribution in [3.8, 4) is 11.5 Å². The molecule has 0 unspecified atom stereocenters. The van der Waals surface area contributed by atoms with Crippen LogP contribution >= 0.6 is 11.6 Å². The first-order valence-corrected chi connectivity index (χ1v) is 8.20. The van der Waals surface area contributed by atoms with Crippen molar-refractivity contribution in [2.75, 3.05) is 39.6 Å². The van der Waals surface area contributed by atoms with E-state index in [9.17, 15) is 0 Å². The molecule has 2 rings (SSSR count). The Kier molecular flexibility index (Phi) is 6.36. The van der Waals surface area contributed by atoms with Crippen LogP contribution in [0.1, 0.15) is 31.9 Å². The highest BCUT2D eigenvalue weighted by molar-refractivity contribution is 6.17. The van der Waals surface area contributed by atoms with Gasteiger partial charge in [-0.05, 0) is 28.7 Å². The summed E-state index contributed by atoms with van der Waals surface area (Å²) in [5.41, 5.74) is 2.24. The third-order valence-electron chi connectivity index (χ3n) is 3.46. The third-order valence-corrected chi connectivity index (χ3v) is 3.75. The standard InChI is InChI=1S/C17H25ClO4/c1-17(2,3)14-11-16-15(10-13(14)12-18)21-8-6-19-4-5-20-7-9-22-16/h10-11H,4-9,12H2,1-3H3. The van der Waals surface area contributed by atoms with Gasteiger partial charge in [-0.3, -0.25) is 0 Å². The number of hydrogen-bond acceptors (Lipinski definition) is 4. The van der Waals surface area contributed by atoms with Gasteiger partial charge in [0.2, 0.25) is 0 Å². The van der Waals surface area contributed by atoms with Gasteiger partial charge in [0.1, 0.15) is 13.2 Å². The van der Waals surface area contributed by atoms with Gasteiger partial charge in [-0.1, -0.05) is 20.8 Å². The Hall–Kier alpha value is -0.970. The molecule has 1 aliphatic heterocycles. The number of benzene rings is 1. The van der Waals surface area contributed by atoms with E-state index in [0.717, 1.165) is 11.3 Å². The van der Waals surface area contributed by atoms with Crippen molar-refractivity contribution in [1.82, 2.24) is 0 Å². The van der Waals surface area contributed by atoms with Crippen molar-refractivity contribution < 1.29 is 18.9 Å². The molecule has 1 heterocycles. The first-order valence-electron chi connectivity index (χ1n) is 7.67. The number of alkyl halides is 1. The summed E-state index contributed by atoms with van der Waals surface area (Å²) in [5, 5.41) is 0. The van der Waals surface area contributed by atoms with Crippen LogP contribution in [0.2, 0.25) is 0 Å². The minimum atomic E-state index is -0.00802. The van der Waals surface area contributed by atoms with Gasteiger partial charge >= 0.3 is 0 Å². The molecular formula is C17H25ClO4. The number of hydrogen-bond donors (Lipinski definition) is 0. The summed E-state index contributed by atoms with van der Waals surface area (Å²) in [7, 11) is 0. The Labute approximate surface area is 137 Å². The number of halogens is 1. The van der Waals surface area contributed by atoms with Gasteiger partial charge in [0.05, 0.1) is 26.4 Å². The summed E-state index contributed by atoms with van der Waals surface area (Å²) < 4.78 is 22.6. The first-order chi connectivity index (χ1) is 10.5. The van der Waals surface area contributed by atoms with Crippen molar-refractivity contribution in [3.05, 3.63) is 23.3 Å². The fourth-order valence-corrected chi connectivity index (χ4v) is 2.60. The van der Waals surface area contributed by atoms with E-state index in [2.05, 4.69) is 20.8 Å². The molecule has 0 atom stereocenters. The summed E-state index contributed by atoms with van der Waals surface area (Å²) in [6.07, 6.45) is 0. The smallest absolute Gasteiger partial charge is 0.161 e. The molecule has 1 aromatic carbocycles. The first kappa shape index (κ1) is 17.4. The lowest BCUT2D eigenvalue weighted by molar-refractivity contribution is 0.0223. The molecule has 4 nitrogen and oxygen atoms in total. The zero-order valence-electron chi connectivity index (χ0n) is 13.6. The average Bonchev–Trinajstić information content (AvgIpc) is 2.46. The maximum atomic E-state index is 6.12. The van der Waals surface area contributed by atoms with E-state index in [4.69, 9.17) is 30.5 Å². The van der Waals surface area contributed by atoms with Gasteiger partial charge in [-0.2, -0.15) is 0 Å². The molecule has 5 heteroatoms. The van der Waals surface area contributed by atoms with E-state index in [1.54, 1.807) is 0 Å². The molecule has 1 aliphatic rings. The molecule has 0 N–H and O–H groups in total. The van der Waals surface area contributed by atoms with Crippen molar-refractivity contribution in [3.63, 3.8) is 0 Å². The largest absolute Gasteiger partial charge is 0.487 e. The van der Waals surface area contributed by atoms with Crippen LogP contribution in [0.5, 0.6) is 11.5 Å². The van der Waals surface area contributed by atoms with Crippen LogP contribution in [0, 0.1) is 0 Å². The second kappa shape index (κ2) is 8.04. The maximum absolute atomic E-state index is 6.12. The van der Waals surface area contributed by atoms with Crippen LogP contribution in [0.15, 0.2) is 12.1 Å². The van der Waals surface area contributed by atoms with Crippen molar-refractivity contribution in [1.29, 1.82) is 0 Å². The molecule has 0 aromatic heterocycles. The number of fused-ring (bicyclic) bond motifs is 1. The fourth-order valence-electron chi connectivity index (χ4n) is 2.38. The second-order valence-corrected chi connectivity index (χ2v) is 6.53. The minimum absolute atomic E-state index is 0.00802. The lowest BCUT2D eigenvalue weighted by atomic mass is 9.84. The van der Waals surface area contributed by atoms with Crippen LogP contribution in [0.3, 0.4) is 0 Å². The molecular weight excluding hydrogens is 304 g/mol. The predicted molar refractivity (Wildman–Crippen MR) is 87.3 cm³/mol. The Morgan fingerprint density at radius 1 is 0.864 bits per heavy atom. The SMILES string of the molecule is CC(C)(C)c1cc2c(cc1CCl)OCCOCCOCCO2. The highest BCUT2D eigenvalue weighted by Crippen LogP contribution is 2.37. The van der Waals surface area contributed by atoms with Gasteiger partial charge in [0.15, 0.2) is 11.5 Å². The molecule has 0 saturated carbocycles. The number of ether oxygens (including phenoxy) is 4. The molecule has 0 saturated heterocycles. The minimum Gasteiger partial charge on any atom is -0.487 e. The molecule has 0 radical (unpaired) electrons. The summed E-state index contributed by atoms with van der Waals surface area (Å²) in [5.74, 6) is 1.90. The van der Waals surface area contributed by atoms with E-state index >= 15 is 0 Å². The van der Waals surface area contributed by atoms with E-state index in [1.807, 2.05) is 12.1 Å². The Morgan fingerprint density at radius 2 is 1.36 bits per heavy atom. The number of rotatable bonds is 1. The summed E-state index contributed by atoms with van der Waals surface area (Å²) >= 11 is 6.12. The fraction of sp³-hybridized carbons (Fsp3) is 0.647. The van der Waals surface area contributed by atoms with Crippen molar-refractivity contribution in [2.24, 2.45) is 0 Å². The lowest BCUT2D eigenvalue weighted by Gasteiger charge is -2.25. The van der Waals surface area contributed by atoms with Crippen LogP contribution in [-0.2, 0) is 20.8 Å². The van der Waals surface area contributed by atoms with Gasteiger partial charge in [0.25, 0.3) is 0 Å². The summed E-state index contributed by atoms with van der Waals surface area (Å²) in [4.78, 5) is 0.